The number of carboxylic acids is 1. The van der Waals surface area contributed by atoms with Gasteiger partial charge in [0.05, 0.1) is 12.1 Å². The summed E-state index contributed by atoms with van der Waals surface area (Å²) in [6, 6.07) is 1.02. The molecule has 2 rings (SSSR count). The molecule has 146 valence electrons. The third-order valence-corrected chi connectivity index (χ3v) is 4.42. The number of aliphatic carboxylic acids is 1. The van der Waals surface area contributed by atoms with Crippen molar-refractivity contribution >= 4 is 11.9 Å². The Morgan fingerprint density at radius 2 is 1.81 bits per heavy atom. The predicted octanol–water partition coefficient (Wildman–Crippen LogP) is 2.20. The van der Waals surface area contributed by atoms with Gasteiger partial charge in [-0.05, 0) is 40.2 Å². The SMILES string of the molecule is CCCC[C@H](NC(=O)Cc1c(C)nn(-c2nc(C)cc(C)n2)c1C)C(=O)O. The Balaban J connectivity index is 2.21. The van der Waals surface area contributed by atoms with E-state index in [4.69, 9.17) is 0 Å². The molecule has 0 aliphatic rings. The van der Waals surface area contributed by atoms with E-state index in [0.717, 1.165) is 35.5 Å². The lowest BCUT2D eigenvalue weighted by molar-refractivity contribution is -0.142. The molecule has 2 heterocycles. The molecule has 27 heavy (non-hydrogen) atoms. The molecular weight excluding hydrogens is 346 g/mol. The molecule has 0 fully saturated rings. The molecular formula is C19H27N5O3. The van der Waals surface area contributed by atoms with Gasteiger partial charge in [0, 0.05) is 22.6 Å². The Bertz CT molecular complexity index is 824. The van der Waals surface area contributed by atoms with Crippen molar-refractivity contribution in [3.05, 3.63) is 34.4 Å². The summed E-state index contributed by atoms with van der Waals surface area (Å²) in [5.74, 6) is -0.874. The maximum atomic E-state index is 12.4. The number of carbonyl (C=O) groups is 2. The molecule has 8 nitrogen and oxygen atoms in total. The second kappa shape index (κ2) is 8.75. The number of unbranched alkanes of at least 4 members (excludes halogenated alkanes) is 1. The molecule has 0 unspecified atom stereocenters. The highest BCUT2D eigenvalue weighted by Crippen LogP contribution is 2.17. The third kappa shape index (κ3) is 5.12. The first-order valence-corrected chi connectivity index (χ1v) is 9.12. The molecule has 1 amide bonds. The summed E-state index contributed by atoms with van der Waals surface area (Å²) >= 11 is 0. The van der Waals surface area contributed by atoms with Crippen LogP contribution in [0, 0.1) is 27.7 Å². The van der Waals surface area contributed by atoms with Gasteiger partial charge < -0.3 is 10.4 Å². The molecule has 0 aromatic carbocycles. The number of aromatic nitrogens is 4. The molecule has 0 saturated heterocycles. The van der Waals surface area contributed by atoms with Gasteiger partial charge in [0.1, 0.15) is 6.04 Å². The fourth-order valence-electron chi connectivity index (χ4n) is 3.00. The number of amides is 1. The molecule has 1 atom stereocenters. The average Bonchev–Trinajstić information content (AvgIpc) is 2.85. The quantitative estimate of drug-likeness (QED) is 0.734. The Morgan fingerprint density at radius 3 is 2.37 bits per heavy atom. The molecule has 8 heteroatoms. The second-order valence-corrected chi connectivity index (χ2v) is 6.79. The highest BCUT2D eigenvalue weighted by Gasteiger charge is 2.22. The van der Waals surface area contributed by atoms with Crippen molar-refractivity contribution in [2.24, 2.45) is 0 Å². The van der Waals surface area contributed by atoms with Gasteiger partial charge in [0.15, 0.2) is 0 Å². The zero-order valence-electron chi connectivity index (χ0n) is 16.5. The minimum absolute atomic E-state index is 0.0678. The van der Waals surface area contributed by atoms with Gasteiger partial charge in [-0.1, -0.05) is 19.8 Å². The summed E-state index contributed by atoms with van der Waals surface area (Å²) < 4.78 is 1.63. The number of nitrogens with zero attached hydrogens (tertiary/aromatic N) is 4. The summed E-state index contributed by atoms with van der Waals surface area (Å²) in [5.41, 5.74) is 3.91. The maximum Gasteiger partial charge on any atom is 0.326 e. The molecule has 0 saturated carbocycles. The van der Waals surface area contributed by atoms with Crippen LogP contribution < -0.4 is 5.32 Å². The van der Waals surface area contributed by atoms with Crippen LogP contribution >= 0.6 is 0 Å². The number of hydrogen-bond donors (Lipinski definition) is 2. The van der Waals surface area contributed by atoms with Crippen LogP contribution in [0.4, 0.5) is 0 Å². The van der Waals surface area contributed by atoms with Gasteiger partial charge in [0.2, 0.25) is 5.91 Å². The Morgan fingerprint density at radius 1 is 1.19 bits per heavy atom. The van der Waals surface area contributed by atoms with Gasteiger partial charge in [-0.15, -0.1) is 0 Å². The van der Waals surface area contributed by atoms with Gasteiger partial charge >= 0.3 is 5.97 Å². The van der Waals surface area contributed by atoms with Crippen LogP contribution in [0.25, 0.3) is 5.95 Å². The minimum Gasteiger partial charge on any atom is -0.480 e. The molecule has 0 aliphatic heterocycles. The standard InChI is InChI=1S/C19H27N5O3/c1-6-7-8-16(18(26)27)22-17(25)10-15-13(4)23-24(14(15)5)19-20-11(2)9-12(3)21-19/h9,16H,6-8,10H2,1-5H3,(H,22,25)(H,26,27)/t16-/m0/s1. The fourth-order valence-corrected chi connectivity index (χ4v) is 3.00. The monoisotopic (exact) mass is 373 g/mol. The number of hydrogen-bond acceptors (Lipinski definition) is 5. The zero-order chi connectivity index (χ0) is 20.1. The van der Waals surface area contributed by atoms with E-state index < -0.39 is 12.0 Å². The van der Waals surface area contributed by atoms with Gasteiger partial charge in [-0.3, -0.25) is 4.79 Å². The van der Waals surface area contributed by atoms with E-state index in [1.165, 1.54) is 0 Å². The summed E-state index contributed by atoms with van der Waals surface area (Å²) in [4.78, 5) is 32.6. The number of rotatable bonds is 8. The average molecular weight is 373 g/mol. The molecule has 2 aromatic rings. The van der Waals surface area contributed by atoms with E-state index in [1.807, 2.05) is 40.7 Å². The van der Waals surface area contributed by atoms with Gasteiger partial charge in [0.25, 0.3) is 5.95 Å². The van der Waals surface area contributed by atoms with Crippen molar-refractivity contribution in [2.75, 3.05) is 0 Å². The lowest BCUT2D eigenvalue weighted by atomic mass is 10.1. The van der Waals surface area contributed by atoms with E-state index in [1.54, 1.807) is 4.68 Å². The van der Waals surface area contributed by atoms with Crippen LogP contribution in [0.2, 0.25) is 0 Å². The molecule has 2 aromatic heterocycles. The largest absolute Gasteiger partial charge is 0.480 e. The van der Waals surface area contributed by atoms with Crippen LogP contribution in [-0.4, -0.2) is 42.8 Å². The Labute approximate surface area is 159 Å². The minimum atomic E-state index is -1.01. The van der Waals surface area contributed by atoms with Crippen molar-refractivity contribution in [2.45, 2.75) is 66.3 Å². The Kier molecular flexibility index (Phi) is 6.65. The molecule has 2 N–H and O–H groups in total. The topological polar surface area (TPSA) is 110 Å². The van der Waals surface area contributed by atoms with E-state index in [9.17, 15) is 14.7 Å². The van der Waals surface area contributed by atoms with E-state index in [0.29, 0.717) is 18.1 Å². The summed E-state index contributed by atoms with van der Waals surface area (Å²) in [6.45, 7) is 9.44. The second-order valence-electron chi connectivity index (χ2n) is 6.79. The summed E-state index contributed by atoms with van der Waals surface area (Å²) in [7, 11) is 0. The lowest BCUT2D eigenvalue weighted by Gasteiger charge is -2.14. The third-order valence-electron chi connectivity index (χ3n) is 4.42. The van der Waals surface area contributed by atoms with E-state index in [2.05, 4.69) is 20.4 Å². The number of nitrogens with one attached hydrogen (secondary N) is 1. The van der Waals surface area contributed by atoms with Gasteiger partial charge in [-0.2, -0.15) is 5.10 Å². The van der Waals surface area contributed by atoms with E-state index in [-0.39, 0.29) is 12.3 Å². The van der Waals surface area contributed by atoms with Crippen molar-refractivity contribution in [1.82, 2.24) is 25.1 Å². The van der Waals surface area contributed by atoms with Gasteiger partial charge in [-0.25, -0.2) is 19.4 Å². The lowest BCUT2D eigenvalue weighted by Crippen LogP contribution is -2.41. The molecule has 0 radical (unpaired) electrons. The maximum absolute atomic E-state index is 12.4. The highest BCUT2D eigenvalue weighted by molar-refractivity contribution is 5.85. The molecule has 0 spiro atoms. The van der Waals surface area contributed by atoms with Crippen LogP contribution in [-0.2, 0) is 16.0 Å². The predicted molar refractivity (Wildman–Crippen MR) is 101 cm³/mol. The highest BCUT2D eigenvalue weighted by atomic mass is 16.4. The van der Waals surface area contributed by atoms with Crippen molar-refractivity contribution < 1.29 is 14.7 Å². The van der Waals surface area contributed by atoms with Crippen molar-refractivity contribution in [1.29, 1.82) is 0 Å². The van der Waals surface area contributed by atoms with Crippen molar-refractivity contribution in [3.8, 4) is 5.95 Å². The smallest absolute Gasteiger partial charge is 0.326 e. The number of carbonyl (C=O) groups excluding carboxylic acids is 1. The summed E-state index contributed by atoms with van der Waals surface area (Å²) in [6.07, 6.45) is 2.11. The van der Waals surface area contributed by atoms with Crippen LogP contribution in [0.3, 0.4) is 0 Å². The Hall–Kier alpha value is -2.77. The number of aryl methyl sites for hydroxylation is 3. The van der Waals surface area contributed by atoms with Crippen LogP contribution in [0.15, 0.2) is 6.07 Å². The molecule has 0 bridgehead atoms. The van der Waals surface area contributed by atoms with Crippen molar-refractivity contribution in [3.63, 3.8) is 0 Å². The van der Waals surface area contributed by atoms with Crippen LogP contribution in [0.5, 0.6) is 0 Å². The first kappa shape index (κ1) is 20.5. The first-order chi connectivity index (χ1) is 12.7. The number of carboxylic acid groups (broad SMARTS) is 1. The van der Waals surface area contributed by atoms with Crippen LogP contribution in [0.1, 0.15) is 54.5 Å². The fraction of sp³-hybridized carbons (Fsp3) is 0.526. The first-order valence-electron chi connectivity index (χ1n) is 9.12. The zero-order valence-corrected chi connectivity index (χ0v) is 16.5. The summed E-state index contributed by atoms with van der Waals surface area (Å²) in [5, 5.41) is 16.4. The molecule has 0 aliphatic carbocycles. The van der Waals surface area contributed by atoms with E-state index >= 15 is 0 Å². The normalized spacial score (nSPS) is 12.0.